The minimum atomic E-state index is 0.0716. The molecule has 0 fully saturated rings. The molecule has 0 rings (SSSR count). The third kappa shape index (κ3) is 10.1. The lowest BCUT2D eigenvalue weighted by Gasteiger charge is -2.27. The molecule has 0 aliphatic rings. The predicted molar refractivity (Wildman–Crippen MR) is 97.4 cm³/mol. The largest absolute Gasteiger partial charge is 0.392 e. The van der Waals surface area contributed by atoms with Gasteiger partial charge in [0.2, 0.25) is 0 Å². The monoisotopic (exact) mass is 328 g/mol. The fraction of sp³-hybridized carbons (Fsp3) is 0.875. The zero-order valence-electron chi connectivity index (χ0n) is 15.9. The maximum atomic E-state index is 8.09. The van der Waals surface area contributed by atoms with E-state index in [-0.39, 0.29) is 12.0 Å². The topological polar surface area (TPSA) is 69.9 Å². The van der Waals surface area contributed by atoms with Crippen LogP contribution in [0.3, 0.4) is 0 Å². The maximum absolute atomic E-state index is 8.09. The molecule has 7 nitrogen and oxygen atoms in total. The van der Waals surface area contributed by atoms with Crippen molar-refractivity contribution in [3.63, 3.8) is 0 Å². The molecule has 0 saturated carbocycles. The normalized spacial score (nSPS) is 11.0. The van der Waals surface area contributed by atoms with Crippen molar-refractivity contribution in [3.8, 4) is 0 Å². The van der Waals surface area contributed by atoms with Gasteiger partial charge in [0.05, 0.1) is 0 Å². The molecule has 0 aliphatic carbocycles. The molecule has 0 spiro atoms. The summed E-state index contributed by atoms with van der Waals surface area (Å²) in [7, 11) is 8.17. The van der Waals surface area contributed by atoms with Crippen LogP contribution in [-0.2, 0) is 4.74 Å². The Balaban J connectivity index is 4.32. The molecule has 7 heteroatoms. The van der Waals surface area contributed by atoms with Gasteiger partial charge in [-0.15, -0.1) is 0 Å². The first-order valence-corrected chi connectivity index (χ1v) is 8.46. The van der Waals surface area contributed by atoms with Gasteiger partial charge in [0, 0.05) is 26.2 Å². The van der Waals surface area contributed by atoms with Gasteiger partial charge in [0.15, 0.2) is 0 Å². The SMILES string of the molecule is CCN(CCCN(C)C)C(=N)OC(=N)N(CC)CCCN(C)C. The second kappa shape index (κ2) is 12.1. The van der Waals surface area contributed by atoms with Crippen LogP contribution in [-0.4, -0.2) is 99.1 Å². The summed E-state index contributed by atoms with van der Waals surface area (Å²) in [4.78, 5) is 7.99. The van der Waals surface area contributed by atoms with Gasteiger partial charge >= 0.3 is 0 Å². The van der Waals surface area contributed by atoms with Crippen molar-refractivity contribution >= 4 is 12.0 Å². The molecule has 0 bridgehead atoms. The van der Waals surface area contributed by atoms with E-state index in [1.165, 1.54) is 0 Å². The highest BCUT2D eigenvalue weighted by atomic mass is 16.5. The summed E-state index contributed by atoms with van der Waals surface area (Å²) >= 11 is 0. The first-order chi connectivity index (χ1) is 10.8. The Morgan fingerprint density at radius 3 is 1.30 bits per heavy atom. The second-order valence-corrected chi connectivity index (χ2v) is 6.19. The smallest absolute Gasteiger partial charge is 0.292 e. The van der Waals surface area contributed by atoms with Crippen LogP contribution in [0.25, 0.3) is 0 Å². The van der Waals surface area contributed by atoms with E-state index < -0.39 is 0 Å². The lowest BCUT2D eigenvalue weighted by molar-refractivity contribution is 0.270. The van der Waals surface area contributed by atoms with E-state index in [2.05, 4.69) is 9.80 Å². The van der Waals surface area contributed by atoms with Crippen LogP contribution in [0.2, 0.25) is 0 Å². The van der Waals surface area contributed by atoms with Gasteiger partial charge in [-0.2, -0.15) is 0 Å². The Hall–Kier alpha value is -1.34. The molecule has 0 radical (unpaired) electrons. The van der Waals surface area contributed by atoms with Crippen LogP contribution in [0.5, 0.6) is 0 Å². The average molecular weight is 329 g/mol. The first kappa shape index (κ1) is 21.7. The molecular weight excluding hydrogens is 292 g/mol. The molecule has 0 aromatic rings. The van der Waals surface area contributed by atoms with Gasteiger partial charge in [-0.1, -0.05) is 0 Å². The molecule has 0 heterocycles. The van der Waals surface area contributed by atoms with Crippen LogP contribution < -0.4 is 0 Å². The molecule has 0 aromatic heterocycles. The minimum absolute atomic E-state index is 0.0716. The number of amidine groups is 2. The van der Waals surface area contributed by atoms with E-state index in [1.54, 1.807) is 0 Å². The third-order valence-corrected chi connectivity index (χ3v) is 3.60. The summed E-state index contributed by atoms with van der Waals surface area (Å²) < 4.78 is 5.46. The lowest BCUT2D eigenvalue weighted by Crippen LogP contribution is -2.41. The van der Waals surface area contributed by atoms with Gasteiger partial charge in [0.25, 0.3) is 12.0 Å². The highest BCUT2D eigenvalue weighted by Crippen LogP contribution is 2.01. The van der Waals surface area contributed by atoms with Crippen molar-refractivity contribution in [2.45, 2.75) is 26.7 Å². The number of nitrogens with zero attached hydrogens (tertiary/aromatic N) is 4. The fourth-order valence-electron chi connectivity index (χ4n) is 2.18. The highest BCUT2D eigenvalue weighted by molar-refractivity contribution is 5.86. The standard InChI is InChI=1S/C16H36N6O/c1-7-21(13-9-11-19(3)4)15(17)23-16(18)22(8-2)14-10-12-20(5)6/h17-18H,7-14H2,1-6H3. The second-order valence-electron chi connectivity index (χ2n) is 6.19. The molecule has 2 N–H and O–H groups in total. The van der Waals surface area contributed by atoms with Crippen molar-refractivity contribution in [2.24, 2.45) is 0 Å². The molecule has 136 valence electrons. The Kier molecular flexibility index (Phi) is 11.4. The van der Waals surface area contributed by atoms with Gasteiger partial charge < -0.3 is 24.3 Å². The number of hydrogen-bond donors (Lipinski definition) is 2. The summed E-state index contributed by atoms with van der Waals surface area (Å²) in [6, 6.07) is 0.143. The van der Waals surface area contributed by atoms with Crippen LogP contribution in [0.4, 0.5) is 0 Å². The van der Waals surface area contributed by atoms with E-state index in [1.807, 2.05) is 51.8 Å². The number of rotatable bonds is 10. The molecule has 0 saturated heterocycles. The van der Waals surface area contributed by atoms with Gasteiger partial charge in [0.1, 0.15) is 0 Å². The van der Waals surface area contributed by atoms with Crippen molar-refractivity contribution < 1.29 is 4.74 Å². The number of ether oxygens (including phenoxy) is 1. The van der Waals surface area contributed by atoms with Crippen LogP contribution in [0.15, 0.2) is 0 Å². The van der Waals surface area contributed by atoms with E-state index >= 15 is 0 Å². The zero-order chi connectivity index (χ0) is 17.8. The summed E-state index contributed by atoms with van der Waals surface area (Å²) in [6.07, 6.45) is 1.94. The Morgan fingerprint density at radius 1 is 0.696 bits per heavy atom. The average Bonchev–Trinajstić information content (AvgIpc) is 2.47. The molecule has 0 unspecified atom stereocenters. The summed E-state index contributed by atoms with van der Waals surface area (Å²) in [5, 5.41) is 16.2. The van der Waals surface area contributed by atoms with Crippen LogP contribution >= 0.6 is 0 Å². The van der Waals surface area contributed by atoms with Crippen molar-refractivity contribution in [3.05, 3.63) is 0 Å². The van der Waals surface area contributed by atoms with E-state index in [4.69, 9.17) is 15.6 Å². The van der Waals surface area contributed by atoms with Gasteiger partial charge in [-0.25, -0.2) is 0 Å². The number of nitrogens with one attached hydrogen (secondary N) is 2. The maximum Gasteiger partial charge on any atom is 0.292 e. The lowest BCUT2D eigenvalue weighted by atomic mass is 10.3. The number of hydrogen-bond acceptors (Lipinski definition) is 5. The Bertz CT molecular complexity index is 313. The summed E-state index contributed by atoms with van der Waals surface area (Å²) in [5.41, 5.74) is 0. The Labute approximate surface area is 142 Å². The first-order valence-electron chi connectivity index (χ1n) is 8.46. The summed E-state index contributed by atoms with van der Waals surface area (Å²) in [5.74, 6) is 0. The molecule has 0 atom stereocenters. The third-order valence-electron chi connectivity index (χ3n) is 3.60. The highest BCUT2D eigenvalue weighted by Gasteiger charge is 2.15. The van der Waals surface area contributed by atoms with Gasteiger partial charge in [-0.3, -0.25) is 10.8 Å². The summed E-state index contributed by atoms with van der Waals surface area (Å²) in [6.45, 7) is 8.94. The van der Waals surface area contributed by atoms with Crippen molar-refractivity contribution in [2.75, 3.05) is 67.5 Å². The van der Waals surface area contributed by atoms with Crippen LogP contribution in [0.1, 0.15) is 26.7 Å². The van der Waals surface area contributed by atoms with E-state index in [0.717, 1.165) is 39.0 Å². The van der Waals surface area contributed by atoms with Crippen molar-refractivity contribution in [1.29, 1.82) is 10.8 Å². The molecule has 23 heavy (non-hydrogen) atoms. The fourth-order valence-corrected chi connectivity index (χ4v) is 2.18. The quantitative estimate of drug-likeness (QED) is 0.469. The van der Waals surface area contributed by atoms with Crippen LogP contribution in [0, 0.1) is 10.8 Å². The minimum Gasteiger partial charge on any atom is -0.392 e. The van der Waals surface area contributed by atoms with Gasteiger partial charge in [-0.05, 0) is 68.0 Å². The van der Waals surface area contributed by atoms with E-state index in [9.17, 15) is 0 Å². The molecule has 0 aromatic carbocycles. The van der Waals surface area contributed by atoms with E-state index in [0.29, 0.717) is 13.1 Å². The molecular formula is C16H36N6O. The molecule has 0 amide bonds. The predicted octanol–water partition coefficient (Wildman–Crippen LogP) is 1.42. The molecule has 0 aliphatic heterocycles. The Morgan fingerprint density at radius 2 is 1.04 bits per heavy atom. The van der Waals surface area contributed by atoms with Crippen molar-refractivity contribution in [1.82, 2.24) is 19.6 Å². The zero-order valence-corrected chi connectivity index (χ0v) is 15.9.